The molecule has 3 heterocycles. The number of aromatic nitrogens is 3. The molecule has 0 unspecified atom stereocenters. The van der Waals surface area contributed by atoms with Crippen molar-refractivity contribution >= 4 is 22.7 Å². The minimum atomic E-state index is -0.390. The Bertz CT molecular complexity index is 892. The van der Waals surface area contributed by atoms with E-state index in [0.717, 1.165) is 41.7 Å². The number of hydrogen-bond acceptors (Lipinski definition) is 5. The molecule has 130 valence electrons. The molecule has 0 spiro atoms. The van der Waals surface area contributed by atoms with Crippen molar-refractivity contribution in [1.29, 1.82) is 0 Å². The standard InChI is InChI=1S/C18H19FN4OS/c1-25-14-2-3-17(15(19)9-14)24-18-8-12-10-22-23(16(12)11-21-18)13-4-6-20-7-5-13/h2-3,8-11,13,20H,4-7H2,1H3. The van der Waals surface area contributed by atoms with Crippen molar-refractivity contribution in [2.24, 2.45) is 0 Å². The first-order chi connectivity index (χ1) is 12.2. The van der Waals surface area contributed by atoms with Gasteiger partial charge in [0.25, 0.3) is 0 Å². The number of piperidine rings is 1. The second-order valence-electron chi connectivity index (χ2n) is 6.05. The molecule has 1 fully saturated rings. The van der Waals surface area contributed by atoms with Gasteiger partial charge in [-0.3, -0.25) is 4.68 Å². The van der Waals surface area contributed by atoms with E-state index in [1.807, 2.05) is 29.3 Å². The zero-order chi connectivity index (χ0) is 17.2. The van der Waals surface area contributed by atoms with E-state index in [1.165, 1.54) is 17.8 Å². The maximum atomic E-state index is 14.1. The van der Waals surface area contributed by atoms with E-state index in [0.29, 0.717) is 11.9 Å². The van der Waals surface area contributed by atoms with E-state index >= 15 is 0 Å². The van der Waals surface area contributed by atoms with E-state index in [1.54, 1.807) is 12.3 Å². The molecule has 7 heteroatoms. The van der Waals surface area contributed by atoms with E-state index in [4.69, 9.17) is 4.74 Å². The third kappa shape index (κ3) is 3.34. The molecule has 0 radical (unpaired) electrons. The van der Waals surface area contributed by atoms with E-state index in [2.05, 4.69) is 15.4 Å². The molecule has 4 rings (SSSR count). The molecule has 1 aliphatic heterocycles. The highest BCUT2D eigenvalue weighted by atomic mass is 32.2. The van der Waals surface area contributed by atoms with Crippen LogP contribution in [0.1, 0.15) is 18.9 Å². The van der Waals surface area contributed by atoms with Gasteiger partial charge in [0.05, 0.1) is 24.0 Å². The van der Waals surface area contributed by atoms with Gasteiger partial charge >= 0.3 is 0 Å². The Kier molecular flexibility index (Phi) is 4.59. The van der Waals surface area contributed by atoms with Gasteiger partial charge in [0, 0.05) is 16.3 Å². The number of fused-ring (bicyclic) bond motifs is 1. The highest BCUT2D eigenvalue weighted by Crippen LogP contribution is 2.29. The highest BCUT2D eigenvalue weighted by molar-refractivity contribution is 7.98. The number of thioether (sulfide) groups is 1. The molecule has 25 heavy (non-hydrogen) atoms. The molecular formula is C18H19FN4OS. The molecule has 0 saturated carbocycles. The van der Waals surface area contributed by atoms with Crippen molar-refractivity contribution < 1.29 is 9.13 Å². The first-order valence-corrected chi connectivity index (χ1v) is 9.52. The third-order valence-electron chi connectivity index (χ3n) is 4.46. The molecular weight excluding hydrogens is 339 g/mol. The van der Waals surface area contributed by atoms with Crippen molar-refractivity contribution in [2.45, 2.75) is 23.8 Å². The summed E-state index contributed by atoms with van der Waals surface area (Å²) in [7, 11) is 0. The quantitative estimate of drug-likeness (QED) is 0.714. The van der Waals surface area contributed by atoms with Crippen LogP contribution in [0.5, 0.6) is 11.6 Å². The van der Waals surface area contributed by atoms with Gasteiger partial charge in [-0.2, -0.15) is 5.10 Å². The summed E-state index contributed by atoms with van der Waals surface area (Å²) >= 11 is 1.49. The summed E-state index contributed by atoms with van der Waals surface area (Å²) in [6.07, 6.45) is 7.60. The number of benzene rings is 1. The maximum absolute atomic E-state index is 14.1. The molecule has 3 aromatic rings. The van der Waals surface area contributed by atoms with Crippen LogP contribution in [-0.4, -0.2) is 34.1 Å². The van der Waals surface area contributed by atoms with Crippen LogP contribution < -0.4 is 10.1 Å². The summed E-state index contributed by atoms with van der Waals surface area (Å²) in [4.78, 5) is 5.20. The average Bonchev–Trinajstić information content (AvgIpc) is 3.07. The smallest absolute Gasteiger partial charge is 0.220 e. The van der Waals surface area contributed by atoms with Crippen LogP contribution >= 0.6 is 11.8 Å². The number of halogens is 1. The van der Waals surface area contributed by atoms with Crippen molar-refractivity contribution in [3.8, 4) is 11.6 Å². The maximum Gasteiger partial charge on any atom is 0.220 e. The second-order valence-corrected chi connectivity index (χ2v) is 6.93. The SMILES string of the molecule is CSc1ccc(Oc2cc3cnn(C4CCNCC4)c3cn2)c(F)c1. The molecule has 0 atom stereocenters. The largest absolute Gasteiger partial charge is 0.436 e. The van der Waals surface area contributed by atoms with Gasteiger partial charge in [-0.1, -0.05) is 0 Å². The molecule has 1 saturated heterocycles. The number of rotatable bonds is 4. The van der Waals surface area contributed by atoms with Gasteiger partial charge in [0.2, 0.25) is 5.88 Å². The normalized spacial score (nSPS) is 15.6. The van der Waals surface area contributed by atoms with Crippen LogP contribution in [0.3, 0.4) is 0 Å². The minimum absolute atomic E-state index is 0.176. The molecule has 5 nitrogen and oxygen atoms in total. The lowest BCUT2D eigenvalue weighted by molar-refractivity contribution is 0.351. The Hall–Kier alpha value is -2.12. The fourth-order valence-electron chi connectivity index (χ4n) is 3.13. The molecule has 1 aliphatic rings. The van der Waals surface area contributed by atoms with Crippen molar-refractivity contribution in [3.05, 3.63) is 42.5 Å². The summed E-state index contributed by atoms with van der Waals surface area (Å²) in [5.41, 5.74) is 0.984. The Morgan fingerprint density at radius 2 is 2.08 bits per heavy atom. The first-order valence-electron chi connectivity index (χ1n) is 8.30. The summed E-state index contributed by atoms with van der Waals surface area (Å²) < 4.78 is 21.8. The van der Waals surface area contributed by atoms with E-state index in [9.17, 15) is 4.39 Å². The zero-order valence-electron chi connectivity index (χ0n) is 13.9. The van der Waals surface area contributed by atoms with Crippen LogP contribution in [0.25, 0.3) is 10.9 Å². The fourth-order valence-corrected chi connectivity index (χ4v) is 3.55. The monoisotopic (exact) mass is 358 g/mol. The Morgan fingerprint density at radius 1 is 1.24 bits per heavy atom. The van der Waals surface area contributed by atoms with Crippen molar-refractivity contribution in [1.82, 2.24) is 20.1 Å². The Morgan fingerprint density at radius 3 is 2.84 bits per heavy atom. The lowest BCUT2D eigenvalue weighted by atomic mass is 10.1. The predicted octanol–water partition coefficient (Wildman–Crippen LogP) is 4.01. The summed E-state index contributed by atoms with van der Waals surface area (Å²) in [6, 6.07) is 7.13. The number of nitrogens with one attached hydrogen (secondary N) is 1. The van der Waals surface area contributed by atoms with Crippen LogP contribution in [0, 0.1) is 5.82 Å². The molecule has 0 bridgehead atoms. The van der Waals surface area contributed by atoms with Gasteiger partial charge in [0.15, 0.2) is 11.6 Å². The van der Waals surface area contributed by atoms with Gasteiger partial charge in [-0.25, -0.2) is 9.37 Å². The molecule has 1 aromatic carbocycles. The summed E-state index contributed by atoms with van der Waals surface area (Å²) in [5, 5.41) is 8.83. The third-order valence-corrected chi connectivity index (χ3v) is 5.19. The number of ether oxygens (including phenoxy) is 1. The highest BCUT2D eigenvalue weighted by Gasteiger charge is 2.18. The lowest BCUT2D eigenvalue weighted by Crippen LogP contribution is -2.29. The Labute approximate surface area is 149 Å². The average molecular weight is 358 g/mol. The van der Waals surface area contributed by atoms with Crippen LogP contribution in [-0.2, 0) is 0 Å². The van der Waals surface area contributed by atoms with Crippen molar-refractivity contribution in [2.75, 3.05) is 19.3 Å². The number of nitrogens with zero attached hydrogens (tertiary/aromatic N) is 3. The van der Waals surface area contributed by atoms with Gasteiger partial charge in [-0.05, 0) is 50.4 Å². The Balaban J connectivity index is 1.59. The summed E-state index contributed by atoms with van der Waals surface area (Å²) in [5.74, 6) is 0.155. The van der Waals surface area contributed by atoms with Crippen LogP contribution in [0.15, 0.2) is 41.6 Å². The number of hydrogen-bond donors (Lipinski definition) is 1. The predicted molar refractivity (Wildman–Crippen MR) is 96.9 cm³/mol. The van der Waals surface area contributed by atoms with Crippen LogP contribution in [0.4, 0.5) is 4.39 Å². The van der Waals surface area contributed by atoms with Crippen molar-refractivity contribution in [3.63, 3.8) is 0 Å². The first kappa shape index (κ1) is 16.4. The van der Waals surface area contributed by atoms with E-state index in [-0.39, 0.29) is 11.6 Å². The fraction of sp³-hybridized carbons (Fsp3) is 0.333. The number of pyridine rings is 1. The van der Waals surface area contributed by atoms with Gasteiger partial charge in [-0.15, -0.1) is 11.8 Å². The topological polar surface area (TPSA) is 52.0 Å². The van der Waals surface area contributed by atoms with Gasteiger partial charge in [0.1, 0.15) is 0 Å². The van der Waals surface area contributed by atoms with Crippen LogP contribution in [0.2, 0.25) is 0 Å². The molecule has 1 N–H and O–H groups in total. The molecule has 0 aliphatic carbocycles. The molecule has 0 amide bonds. The second kappa shape index (κ2) is 7.01. The van der Waals surface area contributed by atoms with Gasteiger partial charge < -0.3 is 10.1 Å². The minimum Gasteiger partial charge on any atom is -0.436 e. The zero-order valence-corrected chi connectivity index (χ0v) is 14.7. The lowest BCUT2D eigenvalue weighted by Gasteiger charge is -2.23. The summed E-state index contributed by atoms with van der Waals surface area (Å²) in [6.45, 7) is 2.01. The molecule has 2 aromatic heterocycles. The van der Waals surface area contributed by atoms with E-state index < -0.39 is 0 Å².